The van der Waals surface area contributed by atoms with E-state index in [1.807, 2.05) is 18.2 Å². The fourth-order valence-corrected chi connectivity index (χ4v) is 1.97. The molecular formula is C12H16O2. The van der Waals surface area contributed by atoms with Crippen LogP contribution in [0.5, 0.6) is 0 Å². The summed E-state index contributed by atoms with van der Waals surface area (Å²) in [6.07, 6.45) is 2.13. The van der Waals surface area contributed by atoms with Crippen LogP contribution < -0.4 is 0 Å². The Kier molecular flexibility index (Phi) is 3.17. The van der Waals surface area contributed by atoms with E-state index in [-0.39, 0.29) is 12.7 Å². The Morgan fingerprint density at radius 2 is 2.07 bits per heavy atom. The molecule has 2 heteroatoms. The van der Waals surface area contributed by atoms with E-state index in [0.29, 0.717) is 5.92 Å². The van der Waals surface area contributed by atoms with Crippen molar-refractivity contribution in [2.75, 3.05) is 13.2 Å². The van der Waals surface area contributed by atoms with E-state index >= 15 is 0 Å². The zero-order valence-corrected chi connectivity index (χ0v) is 8.23. The first-order valence-electron chi connectivity index (χ1n) is 5.16. The first kappa shape index (κ1) is 9.69. The van der Waals surface area contributed by atoms with Crippen molar-refractivity contribution >= 4 is 0 Å². The fraction of sp³-hybridized carbons (Fsp3) is 0.500. The first-order valence-corrected chi connectivity index (χ1v) is 5.16. The van der Waals surface area contributed by atoms with Gasteiger partial charge in [-0.2, -0.15) is 0 Å². The molecule has 14 heavy (non-hydrogen) atoms. The topological polar surface area (TPSA) is 29.5 Å². The minimum Gasteiger partial charge on any atom is -0.396 e. The number of ether oxygens (including phenoxy) is 1. The van der Waals surface area contributed by atoms with Gasteiger partial charge < -0.3 is 9.84 Å². The van der Waals surface area contributed by atoms with Crippen LogP contribution in [0.3, 0.4) is 0 Å². The molecule has 0 amide bonds. The highest BCUT2D eigenvalue weighted by atomic mass is 16.5. The predicted octanol–water partition coefficient (Wildman–Crippen LogP) is 1.63. The van der Waals surface area contributed by atoms with Crippen LogP contribution >= 0.6 is 0 Å². The second-order valence-corrected chi connectivity index (χ2v) is 3.83. The van der Waals surface area contributed by atoms with E-state index in [1.165, 1.54) is 5.56 Å². The third-order valence-corrected chi connectivity index (χ3v) is 2.86. The summed E-state index contributed by atoms with van der Waals surface area (Å²) in [5.74, 6) is 0.329. The van der Waals surface area contributed by atoms with E-state index in [0.717, 1.165) is 19.4 Å². The van der Waals surface area contributed by atoms with Gasteiger partial charge in [-0.1, -0.05) is 30.3 Å². The summed E-state index contributed by atoms with van der Waals surface area (Å²) in [7, 11) is 0. The number of hydrogen-bond donors (Lipinski definition) is 1. The van der Waals surface area contributed by atoms with Crippen LogP contribution in [-0.4, -0.2) is 24.4 Å². The molecule has 0 aromatic heterocycles. The van der Waals surface area contributed by atoms with Crippen LogP contribution in [0.1, 0.15) is 12.0 Å². The van der Waals surface area contributed by atoms with Gasteiger partial charge in [0.05, 0.1) is 6.10 Å². The lowest BCUT2D eigenvalue weighted by atomic mass is 9.97. The van der Waals surface area contributed by atoms with Gasteiger partial charge in [0, 0.05) is 19.1 Å². The molecule has 2 rings (SSSR count). The zero-order chi connectivity index (χ0) is 9.80. The Labute approximate surface area is 84.5 Å². The average Bonchev–Trinajstić information content (AvgIpc) is 2.67. The van der Waals surface area contributed by atoms with Crippen molar-refractivity contribution in [2.45, 2.75) is 18.9 Å². The Bertz CT molecular complexity index is 271. The largest absolute Gasteiger partial charge is 0.396 e. The highest BCUT2D eigenvalue weighted by molar-refractivity contribution is 5.15. The maximum absolute atomic E-state index is 9.13. The SMILES string of the molecule is OCC1CCOC1Cc1ccccc1. The van der Waals surface area contributed by atoms with Crippen molar-refractivity contribution in [3.8, 4) is 0 Å². The molecule has 1 aliphatic rings. The molecular weight excluding hydrogens is 176 g/mol. The van der Waals surface area contributed by atoms with Gasteiger partial charge in [-0.3, -0.25) is 0 Å². The van der Waals surface area contributed by atoms with E-state index < -0.39 is 0 Å². The lowest BCUT2D eigenvalue weighted by Crippen LogP contribution is -2.21. The lowest BCUT2D eigenvalue weighted by molar-refractivity contribution is 0.0726. The van der Waals surface area contributed by atoms with Crippen molar-refractivity contribution in [3.05, 3.63) is 35.9 Å². The first-order chi connectivity index (χ1) is 6.90. The van der Waals surface area contributed by atoms with Crippen molar-refractivity contribution in [1.82, 2.24) is 0 Å². The molecule has 2 nitrogen and oxygen atoms in total. The van der Waals surface area contributed by atoms with Gasteiger partial charge in [-0.15, -0.1) is 0 Å². The van der Waals surface area contributed by atoms with E-state index in [9.17, 15) is 0 Å². The predicted molar refractivity (Wildman–Crippen MR) is 55.1 cm³/mol. The Hall–Kier alpha value is -0.860. The van der Waals surface area contributed by atoms with Gasteiger partial charge in [0.25, 0.3) is 0 Å². The zero-order valence-electron chi connectivity index (χ0n) is 8.23. The van der Waals surface area contributed by atoms with Crippen molar-refractivity contribution < 1.29 is 9.84 Å². The summed E-state index contributed by atoms with van der Waals surface area (Å²) in [5.41, 5.74) is 1.29. The molecule has 0 bridgehead atoms. The molecule has 1 aromatic carbocycles. The molecule has 0 spiro atoms. The minimum atomic E-state index is 0.211. The molecule has 76 valence electrons. The quantitative estimate of drug-likeness (QED) is 0.788. The monoisotopic (exact) mass is 192 g/mol. The standard InChI is InChI=1S/C12H16O2/c13-9-11-6-7-14-12(11)8-10-4-2-1-3-5-10/h1-5,11-13H,6-9H2. The van der Waals surface area contributed by atoms with Crippen LogP contribution in [-0.2, 0) is 11.2 Å². The van der Waals surface area contributed by atoms with E-state index in [1.54, 1.807) is 0 Å². The Morgan fingerprint density at radius 3 is 2.79 bits per heavy atom. The smallest absolute Gasteiger partial charge is 0.0666 e. The van der Waals surface area contributed by atoms with Gasteiger partial charge in [-0.25, -0.2) is 0 Å². The molecule has 0 radical (unpaired) electrons. The Balaban J connectivity index is 1.97. The normalized spacial score (nSPS) is 26.6. The molecule has 1 N–H and O–H groups in total. The van der Waals surface area contributed by atoms with Gasteiger partial charge in [0.1, 0.15) is 0 Å². The van der Waals surface area contributed by atoms with Crippen LogP contribution in [0.4, 0.5) is 0 Å². The van der Waals surface area contributed by atoms with E-state index in [4.69, 9.17) is 9.84 Å². The summed E-state index contributed by atoms with van der Waals surface area (Å²) in [6, 6.07) is 10.3. The highest BCUT2D eigenvalue weighted by Crippen LogP contribution is 2.23. The van der Waals surface area contributed by atoms with Crippen molar-refractivity contribution in [2.24, 2.45) is 5.92 Å². The highest BCUT2D eigenvalue weighted by Gasteiger charge is 2.27. The molecule has 1 saturated heterocycles. The number of rotatable bonds is 3. The summed E-state index contributed by atoms with van der Waals surface area (Å²) >= 11 is 0. The van der Waals surface area contributed by atoms with Crippen LogP contribution in [0, 0.1) is 5.92 Å². The number of hydrogen-bond acceptors (Lipinski definition) is 2. The maximum Gasteiger partial charge on any atom is 0.0666 e. The summed E-state index contributed by atoms with van der Waals surface area (Å²) in [4.78, 5) is 0. The van der Waals surface area contributed by atoms with Crippen molar-refractivity contribution in [3.63, 3.8) is 0 Å². The molecule has 2 unspecified atom stereocenters. The van der Waals surface area contributed by atoms with Gasteiger partial charge >= 0.3 is 0 Å². The molecule has 0 saturated carbocycles. The fourth-order valence-electron chi connectivity index (χ4n) is 1.97. The Morgan fingerprint density at radius 1 is 1.29 bits per heavy atom. The van der Waals surface area contributed by atoms with E-state index in [2.05, 4.69) is 12.1 Å². The average molecular weight is 192 g/mol. The molecule has 1 aromatic rings. The molecule has 1 fully saturated rings. The molecule has 2 atom stereocenters. The van der Waals surface area contributed by atoms with Crippen LogP contribution in [0.15, 0.2) is 30.3 Å². The summed E-state index contributed by atoms with van der Waals surface area (Å²) in [5, 5.41) is 9.13. The molecule has 0 aliphatic carbocycles. The van der Waals surface area contributed by atoms with Crippen LogP contribution in [0.25, 0.3) is 0 Å². The number of aliphatic hydroxyl groups is 1. The van der Waals surface area contributed by atoms with Crippen LogP contribution in [0.2, 0.25) is 0 Å². The second kappa shape index (κ2) is 4.58. The van der Waals surface area contributed by atoms with Gasteiger partial charge in [-0.05, 0) is 18.4 Å². The lowest BCUT2D eigenvalue weighted by Gasteiger charge is -2.15. The van der Waals surface area contributed by atoms with Crippen molar-refractivity contribution in [1.29, 1.82) is 0 Å². The second-order valence-electron chi connectivity index (χ2n) is 3.83. The molecule has 1 heterocycles. The maximum atomic E-state index is 9.13. The third-order valence-electron chi connectivity index (χ3n) is 2.86. The van der Waals surface area contributed by atoms with Gasteiger partial charge in [0.15, 0.2) is 0 Å². The van der Waals surface area contributed by atoms with Gasteiger partial charge in [0.2, 0.25) is 0 Å². The summed E-state index contributed by atoms with van der Waals surface area (Å²) in [6.45, 7) is 1.04. The third kappa shape index (κ3) is 2.14. The number of benzene rings is 1. The molecule has 1 aliphatic heterocycles. The number of aliphatic hydroxyl groups excluding tert-OH is 1. The summed E-state index contributed by atoms with van der Waals surface area (Å²) < 4.78 is 5.60. The minimum absolute atomic E-state index is 0.211.